The van der Waals surface area contributed by atoms with E-state index in [1.165, 1.54) is 11.3 Å². The van der Waals surface area contributed by atoms with Crippen LogP contribution in [0.3, 0.4) is 0 Å². The average molecular weight is 534 g/mol. The number of nitrogens with one attached hydrogen (secondary N) is 1. The van der Waals surface area contributed by atoms with Gasteiger partial charge in [-0.05, 0) is 62.9 Å². The summed E-state index contributed by atoms with van der Waals surface area (Å²) >= 11 is 6.03. The van der Waals surface area contributed by atoms with E-state index in [0.29, 0.717) is 10.7 Å². The van der Waals surface area contributed by atoms with Crippen LogP contribution in [0.15, 0.2) is 42.5 Å². The molecule has 0 bridgehead atoms. The highest BCUT2D eigenvalue weighted by molar-refractivity contribution is 7.92. The number of amides is 2. The summed E-state index contributed by atoms with van der Waals surface area (Å²) < 4.78 is 26.6. The van der Waals surface area contributed by atoms with Crippen molar-refractivity contribution in [3.8, 4) is 0 Å². The number of nitrogens with zero attached hydrogens (tertiary/aromatic N) is 2. The van der Waals surface area contributed by atoms with Crippen molar-refractivity contribution in [2.75, 3.05) is 17.1 Å². The molecule has 0 spiro atoms. The van der Waals surface area contributed by atoms with E-state index in [9.17, 15) is 18.0 Å². The van der Waals surface area contributed by atoms with E-state index in [0.717, 1.165) is 52.9 Å². The molecule has 2 aromatic carbocycles. The number of rotatable bonds is 9. The molecule has 1 atom stereocenters. The van der Waals surface area contributed by atoms with Gasteiger partial charge in [0.2, 0.25) is 21.8 Å². The van der Waals surface area contributed by atoms with Gasteiger partial charge in [0.05, 0.1) is 11.9 Å². The first-order valence-electron chi connectivity index (χ1n) is 12.3. The Labute approximate surface area is 219 Å². The number of benzene rings is 2. The second-order valence-corrected chi connectivity index (χ2v) is 12.1. The van der Waals surface area contributed by atoms with E-state index < -0.39 is 28.5 Å². The third kappa shape index (κ3) is 7.46. The van der Waals surface area contributed by atoms with Gasteiger partial charge in [-0.3, -0.25) is 13.9 Å². The number of carbonyl (C=O) groups is 2. The molecule has 2 amide bonds. The molecule has 1 aliphatic rings. The van der Waals surface area contributed by atoms with Crippen LogP contribution < -0.4 is 9.62 Å². The fourth-order valence-corrected chi connectivity index (χ4v) is 5.65. The van der Waals surface area contributed by atoms with Gasteiger partial charge in [0.1, 0.15) is 12.6 Å². The summed E-state index contributed by atoms with van der Waals surface area (Å²) in [5, 5.41) is 3.66. The number of hydrogen-bond acceptors (Lipinski definition) is 4. The van der Waals surface area contributed by atoms with Crippen LogP contribution in [0.5, 0.6) is 0 Å². The van der Waals surface area contributed by atoms with Gasteiger partial charge in [0, 0.05) is 17.6 Å². The zero-order valence-electron chi connectivity index (χ0n) is 21.5. The lowest BCUT2D eigenvalue weighted by Gasteiger charge is -2.33. The minimum absolute atomic E-state index is 0.101. The fourth-order valence-electron chi connectivity index (χ4n) is 4.62. The van der Waals surface area contributed by atoms with Gasteiger partial charge in [-0.25, -0.2) is 8.42 Å². The molecule has 1 fully saturated rings. The van der Waals surface area contributed by atoms with Crippen molar-refractivity contribution >= 4 is 39.1 Å². The lowest BCUT2D eigenvalue weighted by Crippen LogP contribution is -2.53. The molecule has 1 N–H and O–H groups in total. The molecule has 3 rings (SSSR count). The van der Waals surface area contributed by atoms with Crippen molar-refractivity contribution in [3.63, 3.8) is 0 Å². The van der Waals surface area contributed by atoms with Crippen LogP contribution in [-0.4, -0.2) is 50.0 Å². The van der Waals surface area contributed by atoms with Crippen LogP contribution in [0.25, 0.3) is 0 Å². The van der Waals surface area contributed by atoms with E-state index in [-0.39, 0.29) is 18.5 Å². The molecule has 0 unspecified atom stereocenters. The monoisotopic (exact) mass is 533 g/mol. The van der Waals surface area contributed by atoms with Crippen molar-refractivity contribution in [3.05, 3.63) is 64.2 Å². The van der Waals surface area contributed by atoms with Crippen molar-refractivity contribution in [1.29, 1.82) is 0 Å². The maximum absolute atomic E-state index is 13.7. The number of aryl methyl sites for hydroxylation is 2. The minimum Gasteiger partial charge on any atom is -0.352 e. The highest BCUT2D eigenvalue weighted by Gasteiger charge is 2.31. The number of sulfonamides is 1. The Morgan fingerprint density at radius 1 is 1.06 bits per heavy atom. The van der Waals surface area contributed by atoms with Crippen LogP contribution >= 0.6 is 11.6 Å². The lowest BCUT2D eigenvalue weighted by atomic mass is 9.95. The van der Waals surface area contributed by atoms with Crippen molar-refractivity contribution < 1.29 is 18.0 Å². The molecular formula is C27H36ClN3O4S. The van der Waals surface area contributed by atoms with Crippen LogP contribution in [-0.2, 0) is 26.2 Å². The summed E-state index contributed by atoms with van der Waals surface area (Å²) in [7, 11) is -3.76. The Morgan fingerprint density at radius 3 is 2.28 bits per heavy atom. The zero-order chi connectivity index (χ0) is 26.5. The first kappa shape index (κ1) is 28.0. The molecule has 1 saturated carbocycles. The molecule has 0 saturated heterocycles. The molecule has 0 aromatic heterocycles. The topological polar surface area (TPSA) is 86.8 Å². The Hall–Kier alpha value is -2.58. The summed E-state index contributed by atoms with van der Waals surface area (Å²) in [5.41, 5.74) is 2.98. The molecule has 1 aliphatic carbocycles. The second kappa shape index (κ2) is 12.1. The van der Waals surface area contributed by atoms with Gasteiger partial charge in [-0.2, -0.15) is 0 Å². The van der Waals surface area contributed by atoms with E-state index >= 15 is 0 Å². The van der Waals surface area contributed by atoms with Gasteiger partial charge in [0.25, 0.3) is 0 Å². The predicted molar refractivity (Wildman–Crippen MR) is 145 cm³/mol. The Balaban J connectivity index is 1.88. The Kier molecular flexibility index (Phi) is 9.41. The molecule has 0 heterocycles. The van der Waals surface area contributed by atoms with Crippen molar-refractivity contribution in [2.24, 2.45) is 0 Å². The van der Waals surface area contributed by atoms with E-state index in [1.807, 2.05) is 26.0 Å². The number of halogens is 1. The smallest absolute Gasteiger partial charge is 0.244 e. The SMILES string of the molecule is Cc1ccc(N(CC(=O)N(Cc2ccc(Cl)cc2)[C@@H](C)C(=O)NC2CCCCC2)S(C)(=O)=O)c(C)c1. The maximum Gasteiger partial charge on any atom is 0.244 e. The molecule has 9 heteroatoms. The van der Waals surface area contributed by atoms with Gasteiger partial charge < -0.3 is 10.2 Å². The van der Waals surface area contributed by atoms with Crippen molar-refractivity contribution in [1.82, 2.24) is 10.2 Å². The molecule has 36 heavy (non-hydrogen) atoms. The van der Waals surface area contributed by atoms with Crippen LogP contribution in [0.4, 0.5) is 5.69 Å². The van der Waals surface area contributed by atoms with E-state index in [2.05, 4.69) is 5.32 Å². The second-order valence-electron chi connectivity index (χ2n) is 9.73. The number of hydrogen-bond donors (Lipinski definition) is 1. The maximum atomic E-state index is 13.7. The Morgan fingerprint density at radius 2 is 1.69 bits per heavy atom. The highest BCUT2D eigenvalue weighted by Crippen LogP contribution is 2.25. The molecular weight excluding hydrogens is 498 g/mol. The van der Waals surface area contributed by atoms with Gasteiger partial charge >= 0.3 is 0 Å². The lowest BCUT2D eigenvalue weighted by molar-refractivity contribution is -0.139. The van der Waals surface area contributed by atoms with Crippen LogP contribution in [0.2, 0.25) is 5.02 Å². The predicted octanol–water partition coefficient (Wildman–Crippen LogP) is 4.59. The average Bonchev–Trinajstić information content (AvgIpc) is 2.82. The summed E-state index contributed by atoms with van der Waals surface area (Å²) in [6.45, 7) is 5.18. The largest absolute Gasteiger partial charge is 0.352 e. The summed E-state index contributed by atoms with van der Waals surface area (Å²) in [6.07, 6.45) is 6.26. The molecule has 196 valence electrons. The minimum atomic E-state index is -3.76. The van der Waals surface area contributed by atoms with Crippen LogP contribution in [0, 0.1) is 13.8 Å². The van der Waals surface area contributed by atoms with Gasteiger partial charge in [0.15, 0.2) is 0 Å². The zero-order valence-corrected chi connectivity index (χ0v) is 23.0. The number of anilines is 1. The van der Waals surface area contributed by atoms with E-state index in [1.54, 1.807) is 37.3 Å². The molecule has 2 aromatic rings. The normalized spacial score (nSPS) is 15.2. The van der Waals surface area contributed by atoms with E-state index in [4.69, 9.17) is 11.6 Å². The third-order valence-corrected chi connectivity index (χ3v) is 8.06. The summed E-state index contributed by atoms with van der Waals surface area (Å²) in [5.74, 6) is -0.691. The van der Waals surface area contributed by atoms with Gasteiger partial charge in [-0.1, -0.05) is 60.7 Å². The van der Waals surface area contributed by atoms with Crippen molar-refractivity contribution in [2.45, 2.75) is 71.5 Å². The molecule has 0 aliphatic heterocycles. The van der Waals surface area contributed by atoms with Crippen LogP contribution in [0.1, 0.15) is 55.7 Å². The first-order valence-corrected chi connectivity index (χ1v) is 14.6. The quantitative estimate of drug-likeness (QED) is 0.511. The number of carbonyl (C=O) groups excluding carboxylic acids is 2. The standard InChI is InChI=1S/C27H36ClN3O4S/c1-19-10-15-25(20(2)16-19)31(36(4,34)35)18-26(32)30(17-22-11-13-23(28)14-12-22)21(3)27(33)29-24-8-6-5-7-9-24/h10-16,21,24H,5-9,17-18H2,1-4H3,(H,29,33)/t21-/m0/s1. The molecule has 7 nitrogen and oxygen atoms in total. The summed E-state index contributed by atoms with van der Waals surface area (Å²) in [4.78, 5) is 28.3. The molecule has 0 radical (unpaired) electrons. The highest BCUT2D eigenvalue weighted by atomic mass is 35.5. The first-order chi connectivity index (χ1) is 17.0. The van der Waals surface area contributed by atoms with Gasteiger partial charge in [-0.15, -0.1) is 0 Å². The Bertz CT molecular complexity index is 1180. The third-order valence-electron chi connectivity index (χ3n) is 6.69. The fraction of sp³-hybridized carbons (Fsp3) is 0.481. The summed E-state index contributed by atoms with van der Waals surface area (Å²) in [6, 6.07) is 11.8.